The fourth-order valence-corrected chi connectivity index (χ4v) is 3.82. The van der Waals surface area contributed by atoms with Crippen molar-refractivity contribution in [1.29, 1.82) is 0 Å². The molecule has 0 N–H and O–H groups in total. The third-order valence-corrected chi connectivity index (χ3v) is 4.80. The van der Waals surface area contributed by atoms with Crippen LogP contribution in [0, 0.1) is 13.8 Å². The second-order valence-corrected chi connectivity index (χ2v) is 5.77. The van der Waals surface area contributed by atoms with E-state index >= 15 is 0 Å². The molecule has 0 unspecified atom stereocenters. The summed E-state index contributed by atoms with van der Waals surface area (Å²) >= 11 is 0. The summed E-state index contributed by atoms with van der Waals surface area (Å²) in [5, 5.41) is 5.82. The molecule has 0 spiro atoms. The van der Waals surface area contributed by atoms with Crippen molar-refractivity contribution < 1.29 is 0 Å². The van der Waals surface area contributed by atoms with E-state index in [9.17, 15) is 0 Å². The van der Waals surface area contributed by atoms with Gasteiger partial charge in [-0.15, -0.1) is 0 Å². The average Bonchev–Trinajstić information content (AvgIpc) is 2.92. The largest absolute Gasteiger partial charge is 0.0616 e. The van der Waals surface area contributed by atoms with Crippen molar-refractivity contribution in [2.75, 3.05) is 0 Å². The molecular weight excluding hydrogens is 228 g/mol. The fraction of sp³-hybridized carbons (Fsp3) is 0.263. The maximum absolute atomic E-state index is 2.35. The van der Waals surface area contributed by atoms with Crippen molar-refractivity contribution >= 4 is 21.5 Å². The maximum atomic E-state index is 2.35. The Bertz CT molecular complexity index is 809. The summed E-state index contributed by atoms with van der Waals surface area (Å²) < 4.78 is 0. The summed E-state index contributed by atoms with van der Waals surface area (Å²) in [4.78, 5) is 0. The van der Waals surface area contributed by atoms with E-state index in [4.69, 9.17) is 0 Å². The number of hydrogen-bond acceptors (Lipinski definition) is 0. The van der Waals surface area contributed by atoms with Crippen LogP contribution in [0.1, 0.15) is 28.7 Å². The van der Waals surface area contributed by atoms with Gasteiger partial charge in [-0.1, -0.05) is 36.4 Å². The van der Waals surface area contributed by atoms with Gasteiger partial charge in [0, 0.05) is 0 Å². The lowest BCUT2D eigenvalue weighted by molar-refractivity contribution is 0.913. The highest BCUT2D eigenvalue weighted by atomic mass is 14.2. The van der Waals surface area contributed by atoms with Crippen LogP contribution in [0.2, 0.25) is 0 Å². The van der Waals surface area contributed by atoms with E-state index in [-0.39, 0.29) is 0 Å². The van der Waals surface area contributed by atoms with Gasteiger partial charge in [-0.2, -0.15) is 0 Å². The van der Waals surface area contributed by atoms with E-state index in [2.05, 4.69) is 50.2 Å². The van der Waals surface area contributed by atoms with Gasteiger partial charge in [-0.3, -0.25) is 0 Å². The van der Waals surface area contributed by atoms with Gasteiger partial charge in [0.2, 0.25) is 0 Å². The van der Waals surface area contributed by atoms with Gasteiger partial charge >= 0.3 is 0 Å². The number of aryl methyl sites for hydroxylation is 4. The van der Waals surface area contributed by atoms with E-state index < -0.39 is 0 Å². The molecule has 4 rings (SSSR count). The van der Waals surface area contributed by atoms with E-state index in [1.165, 1.54) is 51.9 Å². The van der Waals surface area contributed by atoms with Gasteiger partial charge in [0.05, 0.1) is 0 Å². The normalized spacial score (nSPS) is 14.2. The van der Waals surface area contributed by atoms with E-state index in [1.807, 2.05) is 0 Å². The molecule has 0 atom stereocenters. The van der Waals surface area contributed by atoms with Crippen LogP contribution in [0.15, 0.2) is 36.4 Å². The molecule has 0 aliphatic heterocycles. The molecule has 0 heterocycles. The number of benzene rings is 3. The molecule has 3 aromatic carbocycles. The second-order valence-electron chi connectivity index (χ2n) is 5.77. The quantitative estimate of drug-likeness (QED) is 0.484. The SMILES string of the molecule is Cc1c2ccccc2c(C)c2c3c(ccc12)CCC3. The molecule has 0 saturated carbocycles. The van der Waals surface area contributed by atoms with Crippen LogP contribution in [0.5, 0.6) is 0 Å². The molecule has 0 heteroatoms. The molecule has 1 aliphatic carbocycles. The van der Waals surface area contributed by atoms with Crippen molar-refractivity contribution in [3.8, 4) is 0 Å². The minimum atomic E-state index is 1.26. The maximum Gasteiger partial charge on any atom is -0.0111 e. The lowest BCUT2D eigenvalue weighted by Crippen LogP contribution is -1.93. The molecule has 0 saturated heterocycles. The van der Waals surface area contributed by atoms with Crippen LogP contribution in [0.25, 0.3) is 21.5 Å². The van der Waals surface area contributed by atoms with E-state index in [0.29, 0.717) is 0 Å². The van der Waals surface area contributed by atoms with E-state index in [0.717, 1.165) is 0 Å². The van der Waals surface area contributed by atoms with Gasteiger partial charge in [-0.05, 0) is 76.9 Å². The average molecular weight is 246 g/mol. The highest BCUT2D eigenvalue weighted by Crippen LogP contribution is 2.37. The minimum Gasteiger partial charge on any atom is -0.0616 e. The first-order valence-corrected chi connectivity index (χ1v) is 7.20. The Hall–Kier alpha value is -1.82. The molecule has 0 aromatic heterocycles. The molecule has 0 amide bonds. The topological polar surface area (TPSA) is 0 Å². The first kappa shape index (κ1) is 11.0. The summed E-state index contributed by atoms with van der Waals surface area (Å²) in [7, 11) is 0. The molecule has 94 valence electrons. The van der Waals surface area contributed by atoms with Crippen molar-refractivity contribution in [2.45, 2.75) is 33.1 Å². The zero-order valence-corrected chi connectivity index (χ0v) is 11.6. The smallest absolute Gasteiger partial charge is 0.0111 e. The molecule has 0 radical (unpaired) electrons. The monoisotopic (exact) mass is 246 g/mol. The summed E-state index contributed by atoms with van der Waals surface area (Å²) in [5.74, 6) is 0. The highest BCUT2D eigenvalue weighted by molar-refractivity contribution is 6.07. The van der Waals surface area contributed by atoms with Crippen LogP contribution < -0.4 is 0 Å². The Labute approximate surface area is 114 Å². The molecule has 19 heavy (non-hydrogen) atoms. The summed E-state index contributed by atoms with van der Waals surface area (Å²) in [6, 6.07) is 13.5. The summed E-state index contributed by atoms with van der Waals surface area (Å²) in [6.07, 6.45) is 3.83. The summed E-state index contributed by atoms with van der Waals surface area (Å²) in [6.45, 7) is 4.56. The van der Waals surface area contributed by atoms with Crippen LogP contribution in [-0.2, 0) is 12.8 Å². The lowest BCUT2D eigenvalue weighted by atomic mass is 9.89. The van der Waals surface area contributed by atoms with Gasteiger partial charge in [0.15, 0.2) is 0 Å². The predicted octanol–water partition coefficient (Wildman–Crippen LogP) is 5.10. The van der Waals surface area contributed by atoms with Crippen LogP contribution >= 0.6 is 0 Å². The lowest BCUT2D eigenvalue weighted by Gasteiger charge is -2.15. The van der Waals surface area contributed by atoms with Crippen molar-refractivity contribution in [1.82, 2.24) is 0 Å². The third kappa shape index (κ3) is 1.40. The van der Waals surface area contributed by atoms with Gasteiger partial charge < -0.3 is 0 Å². The molecule has 0 nitrogen and oxygen atoms in total. The predicted molar refractivity (Wildman–Crippen MR) is 83.0 cm³/mol. The van der Waals surface area contributed by atoms with Crippen molar-refractivity contribution in [3.63, 3.8) is 0 Å². The van der Waals surface area contributed by atoms with E-state index in [1.54, 1.807) is 11.1 Å². The van der Waals surface area contributed by atoms with Gasteiger partial charge in [-0.25, -0.2) is 0 Å². The third-order valence-electron chi connectivity index (χ3n) is 4.80. The zero-order valence-electron chi connectivity index (χ0n) is 11.6. The molecular formula is C19H18. The molecule has 0 bridgehead atoms. The number of rotatable bonds is 0. The van der Waals surface area contributed by atoms with Crippen molar-refractivity contribution in [2.24, 2.45) is 0 Å². The molecule has 1 aliphatic rings. The first-order chi connectivity index (χ1) is 9.27. The van der Waals surface area contributed by atoms with Crippen molar-refractivity contribution in [3.05, 3.63) is 58.7 Å². The fourth-order valence-electron chi connectivity index (χ4n) is 3.82. The van der Waals surface area contributed by atoms with Crippen LogP contribution in [0.3, 0.4) is 0 Å². The number of fused-ring (bicyclic) bond motifs is 4. The number of hydrogen-bond donors (Lipinski definition) is 0. The summed E-state index contributed by atoms with van der Waals surface area (Å²) in [5.41, 5.74) is 6.09. The standard InChI is InChI=1S/C19H18/c1-12-15-7-3-4-8-16(15)13(2)19-17(12)11-10-14-6-5-9-18(14)19/h3-4,7-8,10-11H,5-6,9H2,1-2H3. The Morgan fingerprint density at radius 1 is 0.737 bits per heavy atom. The second kappa shape index (κ2) is 3.84. The Morgan fingerprint density at radius 3 is 2.26 bits per heavy atom. The zero-order chi connectivity index (χ0) is 13.0. The van der Waals surface area contributed by atoms with Gasteiger partial charge in [0.25, 0.3) is 0 Å². The molecule has 3 aromatic rings. The van der Waals surface area contributed by atoms with Crippen LogP contribution in [0.4, 0.5) is 0 Å². The van der Waals surface area contributed by atoms with Gasteiger partial charge in [0.1, 0.15) is 0 Å². The Balaban J connectivity index is 2.29. The highest BCUT2D eigenvalue weighted by Gasteiger charge is 2.17. The Kier molecular flexibility index (Phi) is 2.23. The first-order valence-electron chi connectivity index (χ1n) is 7.20. The minimum absolute atomic E-state index is 1.26. The van der Waals surface area contributed by atoms with Crippen LogP contribution in [-0.4, -0.2) is 0 Å². The molecule has 0 fully saturated rings. The Morgan fingerprint density at radius 2 is 1.47 bits per heavy atom.